The molecule has 0 heteroatoms. The van der Waals surface area contributed by atoms with E-state index in [9.17, 15) is 0 Å². The third kappa shape index (κ3) is 8.92. The average Bonchev–Trinajstić information content (AvgIpc) is 2.73. The molecule has 1 aliphatic rings. The molecule has 0 nitrogen and oxygen atoms in total. The molecular formula is C32H54. The summed E-state index contributed by atoms with van der Waals surface area (Å²) in [5.41, 5.74) is 4.73. The lowest BCUT2D eigenvalue weighted by atomic mass is 9.60. The predicted molar refractivity (Wildman–Crippen MR) is 147 cm³/mol. The van der Waals surface area contributed by atoms with Crippen molar-refractivity contribution < 1.29 is 0 Å². The van der Waals surface area contributed by atoms with Gasteiger partial charge in [0.1, 0.15) is 0 Å². The molecule has 1 rings (SSSR count). The van der Waals surface area contributed by atoms with Gasteiger partial charge in [0.25, 0.3) is 0 Å². The van der Waals surface area contributed by atoms with Gasteiger partial charge < -0.3 is 0 Å². The Morgan fingerprint density at radius 3 is 2.47 bits per heavy atom. The minimum atomic E-state index is 0.0677. The van der Waals surface area contributed by atoms with E-state index < -0.39 is 0 Å². The summed E-state index contributed by atoms with van der Waals surface area (Å²) < 4.78 is 0. The van der Waals surface area contributed by atoms with Gasteiger partial charge in [-0.2, -0.15) is 0 Å². The van der Waals surface area contributed by atoms with E-state index in [4.69, 9.17) is 0 Å². The number of rotatable bonds is 13. The maximum Gasteiger partial charge on any atom is 0.00330 e. The molecule has 0 N–H and O–H groups in total. The molecule has 1 aliphatic carbocycles. The molecule has 0 aliphatic heterocycles. The molecule has 0 radical (unpaired) electrons. The van der Waals surface area contributed by atoms with Gasteiger partial charge >= 0.3 is 0 Å². The smallest absolute Gasteiger partial charge is 0.00330 e. The Bertz CT molecular complexity index is 685. The van der Waals surface area contributed by atoms with Crippen LogP contribution in [0.1, 0.15) is 107 Å². The van der Waals surface area contributed by atoms with E-state index in [0.717, 1.165) is 18.8 Å². The summed E-state index contributed by atoms with van der Waals surface area (Å²) in [5, 5.41) is 0. The molecule has 1 unspecified atom stereocenters. The topological polar surface area (TPSA) is 0 Å². The summed E-state index contributed by atoms with van der Waals surface area (Å²) in [7, 11) is 0. The molecule has 0 heterocycles. The SMILES string of the molecule is C=CC(C)(/C=C/[C@H](C)CC[C@@H]1C(=C)CC[C@H](C)C1(C)C)CC/C=C(\C)CC[C@H](C)C(=C)C. The molecule has 1 saturated carbocycles. The number of hydrogen-bond acceptors (Lipinski definition) is 0. The first-order valence-corrected chi connectivity index (χ1v) is 13.1. The van der Waals surface area contributed by atoms with Gasteiger partial charge in [0.05, 0.1) is 0 Å². The monoisotopic (exact) mass is 438 g/mol. The highest BCUT2D eigenvalue weighted by molar-refractivity contribution is 5.12. The third-order valence-corrected chi connectivity index (χ3v) is 8.73. The van der Waals surface area contributed by atoms with E-state index in [1.54, 1.807) is 0 Å². The summed E-state index contributed by atoms with van der Waals surface area (Å²) in [4.78, 5) is 0. The largest absolute Gasteiger partial charge is 0.102 e. The second-order valence-electron chi connectivity index (χ2n) is 12.0. The van der Waals surface area contributed by atoms with Crippen molar-refractivity contribution in [3.63, 3.8) is 0 Å². The van der Waals surface area contributed by atoms with Crippen molar-refractivity contribution >= 4 is 0 Å². The van der Waals surface area contributed by atoms with E-state index in [0.29, 0.717) is 23.2 Å². The summed E-state index contributed by atoms with van der Waals surface area (Å²) in [6.45, 7) is 31.4. The molecule has 0 saturated heterocycles. The standard InChI is InChI=1S/C32H54/c1-12-32(11,22-13-14-25(4)15-17-27(6)24(2)3)23-21-26(5)16-20-30-28(7)18-19-29(8)31(30,9)10/h12,14,21,23,26-27,29-30H,1-2,7,13,15-20,22H2,3-6,8-11H3/b23-21+,25-14+/t26-,27+,29+,30-,32?/m1/s1. The number of allylic oxidation sites excluding steroid dienone is 7. The van der Waals surface area contributed by atoms with Gasteiger partial charge in [0.15, 0.2) is 0 Å². The first-order valence-electron chi connectivity index (χ1n) is 13.1. The molecule has 0 aromatic heterocycles. The van der Waals surface area contributed by atoms with E-state index in [1.165, 1.54) is 55.2 Å². The first-order chi connectivity index (χ1) is 14.8. The Morgan fingerprint density at radius 2 is 1.88 bits per heavy atom. The van der Waals surface area contributed by atoms with E-state index in [-0.39, 0.29) is 5.41 Å². The second kappa shape index (κ2) is 12.8. The van der Waals surface area contributed by atoms with Crippen molar-refractivity contribution in [3.8, 4) is 0 Å². The van der Waals surface area contributed by atoms with Crippen molar-refractivity contribution in [2.45, 2.75) is 107 Å². The van der Waals surface area contributed by atoms with Crippen LogP contribution in [0.15, 0.2) is 60.8 Å². The van der Waals surface area contributed by atoms with E-state index >= 15 is 0 Å². The molecule has 32 heavy (non-hydrogen) atoms. The highest BCUT2D eigenvalue weighted by atomic mass is 14.4. The van der Waals surface area contributed by atoms with Crippen molar-refractivity contribution in [2.75, 3.05) is 0 Å². The Balaban J connectivity index is 2.57. The predicted octanol–water partition coefficient (Wildman–Crippen LogP) is 10.5. The Morgan fingerprint density at radius 1 is 1.22 bits per heavy atom. The van der Waals surface area contributed by atoms with Crippen molar-refractivity contribution in [1.29, 1.82) is 0 Å². The average molecular weight is 439 g/mol. The second-order valence-corrected chi connectivity index (χ2v) is 12.0. The molecule has 0 spiro atoms. The fraction of sp³-hybridized carbons (Fsp3) is 0.688. The summed E-state index contributed by atoms with van der Waals surface area (Å²) in [6.07, 6.45) is 19.1. The van der Waals surface area contributed by atoms with Crippen LogP contribution in [-0.4, -0.2) is 0 Å². The van der Waals surface area contributed by atoms with Gasteiger partial charge in [-0.25, -0.2) is 0 Å². The fourth-order valence-corrected chi connectivity index (χ4v) is 4.98. The van der Waals surface area contributed by atoms with Crippen LogP contribution in [0.3, 0.4) is 0 Å². The summed E-state index contributed by atoms with van der Waals surface area (Å²) in [5.74, 6) is 2.65. The van der Waals surface area contributed by atoms with Crippen molar-refractivity contribution in [2.24, 2.45) is 34.5 Å². The van der Waals surface area contributed by atoms with Crippen LogP contribution in [0, 0.1) is 34.5 Å². The van der Waals surface area contributed by atoms with Crippen LogP contribution >= 0.6 is 0 Å². The Hall–Kier alpha value is -1.30. The first kappa shape index (κ1) is 28.7. The highest BCUT2D eigenvalue weighted by Gasteiger charge is 2.39. The van der Waals surface area contributed by atoms with Gasteiger partial charge in [0.2, 0.25) is 0 Å². The molecule has 182 valence electrons. The molecule has 5 atom stereocenters. The lowest BCUT2D eigenvalue weighted by Crippen LogP contribution is -2.36. The Kier molecular flexibility index (Phi) is 11.5. The minimum Gasteiger partial charge on any atom is -0.102 e. The van der Waals surface area contributed by atoms with Crippen molar-refractivity contribution in [3.05, 3.63) is 60.8 Å². The highest BCUT2D eigenvalue weighted by Crippen LogP contribution is 2.49. The summed E-state index contributed by atoms with van der Waals surface area (Å²) >= 11 is 0. The lowest BCUT2D eigenvalue weighted by Gasteiger charge is -2.45. The van der Waals surface area contributed by atoms with Crippen LogP contribution in [0.4, 0.5) is 0 Å². The molecule has 1 fully saturated rings. The molecular weight excluding hydrogens is 384 g/mol. The maximum absolute atomic E-state index is 4.44. The lowest BCUT2D eigenvalue weighted by molar-refractivity contribution is 0.103. The van der Waals surface area contributed by atoms with E-state index in [2.05, 4.69) is 99.4 Å². The van der Waals surface area contributed by atoms with Gasteiger partial charge in [-0.1, -0.05) is 95.7 Å². The van der Waals surface area contributed by atoms with Gasteiger partial charge in [-0.05, 0) is 94.3 Å². The van der Waals surface area contributed by atoms with Crippen LogP contribution in [0.5, 0.6) is 0 Å². The van der Waals surface area contributed by atoms with Crippen LogP contribution in [-0.2, 0) is 0 Å². The van der Waals surface area contributed by atoms with Crippen molar-refractivity contribution in [1.82, 2.24) is 0 Å². The maximum atomic E-state index is 4.44. The molecule has 0 aromatic rings. The minimum absolute atomic E-state index is 0.0677. The zero-order valence-electron chi connectivity index (χ0n) is 22.9. The van der Waals surface area contributed by atoms with Gasteiger partial charge in [-0.15, -0.1) is 6.58 Å². The molecule has 0 bridgehead atoms. The van der Waals surface area contributed by atoms with Crippen LogP contribution in [0.25, 0.3) is 0 Å². The number of hydrogen-bond donors (Lipinski definition) is 0. The van der Waals surface area contributed by atoms with Gasteiger partial charge in [0, 0.05) is 5.41 Å². The van der Waals surface area contributed by atoms with E-state index in [1.807, 2.05) is 0 Å². The molecule has 0 aromatic carbocycles. The van der Waals surface area contributed by atoms with Gasteiger partial charge in [-0.3, -0.25) is 0 Å². The molecule has 0 amide bonds. The fourth-order valence-electron chi connectivity index (χ4n) is 4.98. The van der Waals surface area contributed by atoms with Crippen LogP contribution in [0.2, 0.25) is 0 Å². The zero-order chi connectivity index (χ0) is 24.5. The quantitative estimate of drug-likeness (QED) is 0.251. The van der Waals surface area contributed by atoms with Crippen LogP contribution < -0.4 is 0 Å². The zero-order valence-corrected chi connectivity index (χ0v) is 22.9. The summed E-state index contributed by atoms with van der Waals surface area (Å²) in [6, 6.07) is 0. The third-order valence-electron chi connectivity index (χ3n) is 8.73. The normalized spacial score (nSPS) is 25.4. The Labute approximate surface area is 202 Å².